The van der Waals surface area contributed by atoms with E-state index < -0.39 is 24.3 Å². The van der Waals surface area contributed by atoms with Crippen LogP contribution in [0.2, 0.25) is 0 Å². The molecule has 5 aromatic rings. The summed E-state index contributed by atoms with van der Waals surface area (Å²) in [4.78, 5) is 79.6. The molecule has 2 aliphatic heterocycles. The Hall–Kier alpha value is -6.16. The Morgan fingerprint density at radius 2 is 1.37 bits per heavy atom. The van der Waals surface area contributed by atoms with Crippen LogP contribution >= 0.6 is 0 Å². The highest BCUT2D eigenvalue weighted by atomic mass is 16.6. The lowest BCUT2D eigenvalue weighted by Gasteiger charge is -2.29. The highest BCUT2D eigenvalue weighted by Crippen LogP contribution is 2.35. The zero-order valence-electron chi connectivity index (χ0n) is 32.7. The van der Waals surface area contributed by atoms with Crippen LogP contribution in [-0.4, -0.2) is 107 Å². The van der Waals surface area contributed by atoms with Crippen LogP contribution < -0.4 is 10.6 Å². The lowest BCUT2D eigenvalue weighted by atomic mass is 10.1. The molecule has 0 bridgehead atoms. The maximum Gasteiger partial charge on any atom is 0.407 e. The molecule has 2 aliphatic rings. The van der Waals surface area contributed by atoms with Crippen LogP contribution in [0, 0.1) is 5.92 Å². The minimum Gasteiger partial charge on any atom is -0.436 e. The number of nitrogens with zero attached hydrogens (tertiary/aromatic N) is 6. The summed E-state index contributed by atoms with van der Waals surface area (Å²) in [5.41, 5.74) is 6.42. The van der Waals surface area contributed by atoms with Crippen molar-refractivity contribution in [3.8, 4) is 33.8 Å². The molecule has 16 nitrogen and oxygen atoms in total. The summed E-state index contributed by atoms with van der Waals surface area (Å²) in [5, 5.41) is 15.2. The van der Waals surface area contributed by atoms with Crippen molar-refractivity contribution in [2.75, 3.05) is 20.1 Å². The van der Waals surface area contributed by atoms with Crippen LogP contribution in [0.4, 0.5) is 4.79 Å². The molecule has 5 heterocycles. The van der Waals surface area contributed by atoms with Gasteiger partial charge < -0.3 is 40.2 Å². The molecular weight excluding hydrogens is 729 g/mol. The van der Waals surface area contributed by atoms with Gasteiger partial charge in [-0.3, -0.25) is 19.4 Å². The van der Waals surface area contributed by atoms with E-state index >= 15 is 0 Å². The van der Waals surface area contributed by atoms with E-state index in [1.807, 2.05) is 56.3 Å². The van der Waals surface area contributed by atoms with Crippen LogP contribution in [-0.2, 0) is 19.1 Å². The number of aliphatic hydroxyl groups is 1. The molecule has 298 valence electrons. The zero-order valence-corrected chi connectivity index (χ0v) is 32.7. The minimum atomic E-state index is -1.04. The van der Waals surface area contributed by atoms with Gasteiger partial charge in [-0.15, -0.1) is 0 Å². The number of amides is 4. The Balaban J connectivity index is 1.03. The number of likely N-dealkylation sites (tertiary alicyclic amines) is 2. The SMILES string of the molecule is CNC(=O)O[C@H](C(=O)N1CCC[C@H]1c1ncc(-c2ccc(-c3cnc4cc(-c5cnc([C@@H]6CCCN6C(=O)[C@@H](NC(C)=O)[C@@H](C)O)[nH]5)ccc4n3)cc2)[nH]1)C(C)C. The first-order valence-electron chi connectivity index (χ1n) is 19.3. The molecule has 16 heteroatoms. The van der Waals surface area contributed by atoms with Gasteiger partial charge in [-0.1, -0.05) is 44.2 Å². The number of nitrogens with one attached hydrogen (secondary N) is 4. The third kappa shape index (κ3) is 8.21. The predicted molar refractivity (Wildman–Crippen MR) is 211 cm³/mol. The van der Waals surface area contributed by atoms with Crippen LogP contribution in [0.5, 0.6) is 0 Å². The molecule has 3 aromatic heterocycles. The molecule has 57 heavy (non-hydrogen) atoms. The number of alkyl carbamates (subject to hydrolysis) is 1. The maximum absolute atomic E-state index is 13.5. The van der Waals surface area contributed by atoms with Crippen LogP contribution in [0.3, 0.4) is 0 Å². The van der Waals surface area contributed by atoms with Gasteiger partial charge in [-0.25, -0.2) is 19.7 Å². The average molecular weight is 777 g/mol. The van der Waals surface area contributed by atoms with Crippen molar-refractivity contribution >= 4 is 34.8 Å². The van der Waals surface area contributed by atoms with Gasteiger partial charge in [0.2, 0.25) is 11.8 Å². The molecule has 0 saturated carbocycles. The summed E-state index contributed by atoms with van der Waals surface area (Å²) in [7, 11) is 1.47. The number of fused-ring (bicyclic) bond motifs is 1. The van der Waals surface area contributed by atoms with Gasteiger partial charge in [0.15, 0.2) is 6.10 Å². The smallest absolute Gasteiger partial charge is 0.407 e. The van der Waals surface area contributed by atoms with Gasteiger partial charge in [0.1, 0.15) is 17.7 Å². The molecule has 4 amide bonds. The van der Waals surface area contributed by atoms with E-state index in [1.54, 1.807) is 28.4 Å². The predicted octanol–water partition coefficient (Wildman–Crippen LogP) is 4.67. The number of H-pyrrole nitrogens is 2. The Kier molecular flexibility index (Phi) is 11.3. The topological polar surface area (TPSA) is 211 Å². The molecular formula is C41H48N10O6. The normalized spacial score (nSPS) is 18.4. The van der Waals surface area contributed by atoms with Gasteiger partial charge >= 0.3 is 6.09 Å². The number of aromatic nitrogens is 6. The Morgan fingerprint density at radius 1 is 0.789 bits per heavy atom. The Bertz CT molecular complexity index is 2270. The summed E-state index contributed by atoms with van der Waals surface area (Å²) in [6.45, 7) is 7.59. The lowest BCUT2D eigenvalue weighted by molar-refractivity contribution is -0.143. The number of aliphatic hydroxyl groups excluding tert-OH is 1. The Labute approximate surface area is 329 Å². The van der Waals surface area contributed by atoms with E-state index in [2.05, 4.69) is 30.6 Å². The highest BCUT2D eigenvalue weighted by Gasteiger charge is 2.39. The van der Waals surface area contributed by atoms with Crippen molar-refractivity contribution in [3.63, 3.8) is 0 Å². The van der Waals surface area contributed by atoms with Crippen LogP contribution in [0.1, 0.15) is 77.1 Å². The van der Waals surface area contributed by atoms with E-state index in [0.717, 1.165) is 58.6 Å². The molecule has 0 aliphatic carbocycles. The third-order valence-corrected chi connectivity index (χ3v) is 10.6. The van der Waals surface area contributed by atoms with E-state index in [0.29, 0.717) is 36.7 Å². The molecule has 0 unspecified atom stereocenters. The molecule has 5 N–H and O–H groups in total. The number of carbonyl (C=O) groups excluding carboxylic acids is 4. The first-order valence-corrected chi connectivity index (χ1v) is 19.3. The molecule has 0 spiro atoms. The van der Waals surface area contributed by atoms with Crippen LogP contribution in [0.15, 0.2) is 61.1 Å². The first-order chi connectivity index (χ1) is 27.4. The summed E-state index contributed by atoms with van der Waals surface area (Å²) in [5.74, 6) is 0.195. The van der Waals surface area contributed by atoms with Gasteiger partial charge in [0.25, 0.3) is 5.91 Å². The minimum absolute atomic E-state index is 0.187. The van der Waals surface area contributed by atoms with E-state index in [1.165, 1.54) is 20.9 Å². The number of imidazole rings is 2. The highest BCUT2D eigenvalue weighted by molar-refractivity contribution is 5.88. The molecule has 7 rings (SSSR count). The largest absolute Gasteiger partial charge is 0.436 e. The van der Waals surface area contributed by atoms with E-state index in [-0.39, 0.29) is 35.7 Å². The lowest BCUT2D eigenvalue weighted by Crippen LogP contribution is -2.53. The maximum atomic E-state index is 13.5. The summed E-state index contributed by atoms with van der Waals surface area (Å²) in [6.07, 6.45) is 5.75. The fraction of sp³-hybridized carbons (Fsp3) is 0.415. The zero-order chi connectivity index (χ0) is 40.4. The standard InChI is InChI=1S/C41H48N10O6/c1-22(2)36(57-41(56)42-5)40(55)51-17-7-9-34(51)38-44-20-31(48-38)26-12-10-25(11-13-26)30-19-43-29-18-27(14-15-28(29)47-30)32-21-45-37(49-32)33-8-6-16-50(33)39(54)35(23(3)52)46-24(4)53/h10-15,18-23,33-36,52H,6-9,16-17H2,1-5H3,(H,42,56)(H,44,48)(H,45,49)(H,46,53)/t23-,33+,34+,35+,36+/m1/s1. The Morgan fingerprint density at radius 3 is 1.95 bits per heavy atom. The van der Waals surface area contributed by atoms with Crippen molar-refractivity contribution in [1.29, 1.82) is 0 Å². The molecule has 5 atom stereocenters. The van der Waals surface area contributed by atoms with Crippen molar-refractivity contribution in [1.82, 2.24) is 50.3 Å². The van der Waals surface area contributed by atoms with Crippen molar-refractivity contribution < 1.29 is 29.0 Å². The molecule has 0 radical (unpaired) electrons. The van der Waals surface area contributed by atoms with E-state index in [4.69, 9.17) is 14.7 Å². The van der Waals surface area contributed by atoms with Crippen molar-refractivity contribution in [2.45, 2.75) is 83.7 Å². The number of rotatable bonds is 11. The molecule has 2 fully saturated rings. The second kappa shape index (κ2) is 16.5. The summed E-state index contributed by atoms with van der Waals surface area (Å²) in [6, 6.07) is 12.2. The quantitative estimate of drug-likeness (QED) is 0.125. The van der Waals surface area contributed by atoms with E-state index in [9.17, 15) is 24.3 Å². The van der Waals surface area contributed by atoms with Gasteiger partial charge in [-0.2, -0.15) is 0 Å². The molecule has 2 saturated heterocycles. The molecule has 2 aromatic carbocycles. The second-order valence-electron chi connectivity index (χ2n) is 15.0. The number of ether oxygens (including phenoxy) is 1. The first kappa shape index (κ1) is 39.1. The monoisotopic (exact) mass is 776 g/mol. The van der Waals surface area contributed by atoms with Crippen molar-refractivity contribution in [3.05, 3.63) is 72.7 Å². The number of hydrogen-bond acceptors (Lipinski definition) is 10. The van der Waals surface area contributed by atoms with Gasteiger partial charge in [-0.05, 0) is 56.2 Å². The number of benzene rings is 2. The third-order valence-electron chi connectivity index (χ3n) is 10.6. The number of aromatic amines is 2. The van der Waals surface area contributed by atoms with Crippen molar-refractivity contribution in [2.24, 2.45) is 5.92 Å². The average Bonchev–Trinajstić information content (AvgIpc) is 4.05. The summed E-state index contributed by atoms with van der Waals surface area (Å²) < 4.78 is 5.42. The number of hydrogen-bond donors (Lipinski definition) is 5. The second-order valence-corrected chi connectivity index (χ2v) is 15.0. The van der Waals surface area contributed by atoms with Gasteiger partial charge in [0.05, 0.1) is 64.9 Å². The fourth-order valence-electron chi connectivity index (χ4n) is 7.67. The van der Waals surface area contributed by atoms with Gasteiger partial charge in [0, 0.05) is 38.2 Å². The summed E-state index contributed by atoms with van der Waals surface area (Å²) >= 11 is 0. The van der Waals surface area contributed by atoms with Crippen LogP contribution in [0.25, 0.3) is 44.8 Å². The number of carbonyl (C=O) groups is 4. The fourth-order valence-corrected chi connectivity index (χ4v) is 7.67.